The molecule has 0 aliphatic heterocycles. The minimum absolute atomic E-state index is 0. The molecule has 0 fully saturated rings. The first-order valence-electron chi connectivity index (χ1n) is 0.813. The maximum atomic E-state index is 8.94. The van der Waals surface area contributed by atoms with Crippen molar-refractivity contribution in [2.75, 3.05) is 0 Å². The van der Waals surface area contributed by atoms with E-state index in [1.807, 2.05) is 0 Å². The quantitative estimate of drug-likeness (QED) is 0.203. The molecular weight excluding hydrogens is 65.9 g/mol. The van der Waals surface area contributed by atoms with Crippen LogP contribution in [0.25, 0.3) is 0 Å². The van der Waals surface area contributed by atoms with E-state index in [4.69, 9.17) is 4.79 Å². The van der Waals surface area contributed by atoms with E-state index in [-0.39, 0.29) is 37.7 Å². The zero-order valence-corrected chi connectivity index (χ0v) is 4.06. The predicted molar refractivity (Wildman–Crippen MR) is 26.4 cm³/mol. The van der Waals surface area contributed by atoms with Gasteiger partial charge in [0.25, 0.3) is 0 Å². The second-order valence-corrected chi connectivity index (χ2v) is 0.285. The van der Waals surface area contributed by atoms with Crippen LogP contribution in [0.3, 0.4) is 0 Å². The molecule has 0 aromatic heterocycles. The van der Waals surface area contributed by atoms with Gasteiger partial charge in [0.1, 0.15) is 0 Å². The van der Waals surface area contributed by atoms with Crippen LogP contribution in [0.2, 0.25) is 0 Å². The summed E-state index contributed by atoms with van der Waals surface area (Å²) < 4.78 is 0. The third-order valence-electron chi connectivity index (χ3n) is 0.0680. The molecule has 0 saturated heterocycles. The molecule has 6 heavy (non-hydrogen) atoms. The minimum Gasteiger partial charge on any atom is -0.289 e. The number of terminal acetylenes is 1. The van der Waals surface area contributed by atoms with Gasteiger partial charge in [-0.3, -0.25) is 4.79 Å². The summed E-state index contributed by atoms with van der Waals surface area (Å²) >= 11 is 0. The van der Waals surface area contributed by atoms with E-state index in [2.05, 4.69) is 6.42 Å². The van der Waals surface area contributed by atoms with Gasteiger partial charge in [0.2, 0.25) is 0 Å². The standard InChI is InChI=1S/C3H2O.2Li/c1-2-3-4;;/h1,3H;;. The van der Waals surface area contributed by atoms with Crippen molar-refractivity contribution in [3.63, 3.8) is 0 Å². The molecule has 0 saturated carbocycles. The number of hydrogen-bond donors (Lipinski definition) is 0. The monoisotopic (exact) mass is 68.0 g/mol. The van der Waals surface area contributed by atoms with Gasteiger partial charge >= 0.3 is 0 Å². The van der Waals surface area contributed by atoms with Crippen LogP contribution in [0.4, 0.5) is 0 Å². The summed E-state index contributed by atoms with van der Waals surface area (Å²) in [4.78, 5) is 8.94. The summed E-state index contributed by atoms with van der Waals surface area (Å²) in [5.74, 6) is 1.75. The van der Waals surface area contributed by atoms with Gasteiger partial charge in [-0.1, -0.05) is 0 Å². The first-order chi connectivity index (χ1) is 1.91. The molecule has 0 unspecified atom stereocenters. The van der Waals surface area contributed by atoms with E-state index in [9.17, 15) is 0 Å². The van der Waals surface area contributed by atoms with Gasteiger partial charge in [0, 0.05) is 37.7 Å². The Morgan fingerprint density at radius 1 is 1.50 bits per heavy atom. The average Bonchev–Trinajstić information content (AvgIpc) is 1.37. The third kappa shape index (κ3) is 25.6. The van der Waals surface area contributed by atoms with Crippen molar-refractivity contribution in [2.24, 2.45) is 0 Å². The summed E-state index contributed by atoms with van der Waals surface area (Å²) in [5.41, 5.74) is 0. The summed E-state index contributed by atoms with van der Waals surface area (Å²) in [6, 6.07) is 0. The average molecular weight is 67.9 g/mol. The minimum atomic E-state index is 0. The van der Waals surface area contributed by atoms with E-state index in [1.165, 1.54) is 0 Å². The van der Waals surface area contributed by atoms with E-state index >= 15 is 0 Å². The smallest absolute Gasteiger partial charge is 0.192 e. The molecular formula is C3H2Li2O. The van der Waals surface area contributed by atoms with Crippen molar-refractivity contribution < 1.29 is 4.79 Å². The number of carbonyl (C=O) groups is 1. The summed E-state index contributed by atoms with van der Waals surface area (Å²) in [7, 11) is 0. The molecule has 0 rings (SSSR count). The number of rotatable bonds is 0. The Morgan fingerprint density at radius 2 is 1.67 bits per heavy atom. The second kappa shape index (κ2) is 18.1. The van der Waals surface area contributed by atoms with Crippen LogP contribution in [0, 0.1) is 12.3 Å². The molecule has 0 N–H and O–H groups in total. The van der Waals surface area contributed by atoms with Crippen molar-refractivity contribution in [1.82, 2.24) is 0 Å². The van der Waals surface area contributed by atoms with Gasteiger partial charge in [-0.05, 0) is 5.92 Å². The Hall–Kier alpha value is 0.425. The number of aldehydes is 1. The fraction of sp³-hybridized carbons (Fsp3) is 0. The van der Waals surface area contributed by atoms with E-state index in [1.54, 1.807) is 5.92 Å². The van der Waals surface area contributed by atoms with Crippen molar-refractivity contribution in [3.05, 3.63) is 0 Å². The summed E-state index contributed by atoms with van der Waals surface area (Å²) in [6.07, 6.45) is 4.81. The van der Waals surface area contributed by atoms with Crippen LogP contribution in [0.1, 0.15) is 0 Å². The number of carbonyl (C=O) groups excluding carboxylic acids is 1. The molecule has 0 atom stereocenters. The van der Waals surface area contributed by atoms with Crippen molar-refractivity contribution in [2.45, 2.75) is 0 Å². The SMILES string of the molecule is C#CC=O.[Li].[Li]. The van der Waals surface area contributed by atoms with E-state index in [0.29, 0.717) is 6.29 Å². The maximum absolute atomic E-state index is 8.94. The molecule has 0 heterocycles. The maximum Gasteiger partial charge on any atom is 0.192 e. The Morgan fingerprint density at radius 3 is 1.67 bits per heavy atom. The Balaban J connectivity index is -0.0000000450. The van der Waals surface area contributed by atoms with Crippen molar-refractivity contribution >= 4 is 44.0 Å². The topological polar surface area (TPSA) is 17.1 Å². The van der Waals surface area contributed by atoms with Crippen LogP contribution in [-0.4, -0.2) is 44.0 Å². The largest absolute Gasteiger partial charge is 0.289 e. The zero-order valence-electron chi connectivity index (χ0n) is 4.06. The third-order valence-corrected chi connectivity index (χ3v) is 0.0680. The molecule has 0 amide bonds. The Bertz CT molecular complexity index is 54.3. The van der Waals surface area contributed by atoms with Crippen molar-refractivity contribution in [1.29, 1.82) is 0 Å². The van der Waals surface area contributed by atoms with E-state index in [0.717, 1.165) is 0 Å². The molecule has 2 radical (unpaired) electrons. The molecule has 3 heteroatoms. The van der Waals surface area contributed by atoms with Gasteiger partial charge in [0.05, 0.1) is 0 Å². The Kier molecular flexibility index (Phi) is 48.5. The molecule has 22 valence electrons. The number of hydrogen-bond acceptors (Lipinski definition) is 1. The van der Waals surface area contributed by atoms with Gasteiger partial charge in [-0.15, -0.1) is 6.42 Å². The van der Waals surface area contributed by atoms with Crippen LogP contribution < -0.4 is 0 Å². The molecule has 0 bridgehead atoms. The van der Waals surface area contributed by atoms with E-state index < -0.39 is 0 Å². The van der Waals surface area contributed by atoms with Gasteiger partial charge in [-0.25, -0.2) is 0 Å². The predicted octanol–water partition coefficient (Wildman–Crippen LogP) is -0.943. The summed E-state index contributed by atoms with van der Waals surface area (Å²) in [6.45, 7) is 0. The van der Waals surface area contributed by atoms with Gasteiger partial charge < -0.3 is 0 Å². The Labute approximate surface area is 61.2 Å². The zero-order chi connectivity index (χ0) is 3.41. The molecule has 0 aliphatic carbocycles. The fourth-order valence-corrected chi connectivity index (χ4v) is 0. The van der Waals surface area contributed by atoms with Crippen LogP contribution in [0.5, 0.6) is 0 Å². The molecule has 0 aliphatic rings. The fourth-order valence-electron chi connectivity index (χ4n) is 0. The first-order valence-corrected chi connectivity index (χ1v) is 0.813. The van der Waals surface area contributed by atoms with Crippen LogP contribution in [0.15, 0.2) is 0 Å². The molecule has 0 spiro atoms. The van der Waals surface area contributed by atoms with Crippen LogP contribution in [-0.2, 0) is 4.79 Å². The molecule has 1 nitrogen and oxygen atoms in total. The molecule has 0 aromatic rings. The second-order valence-electron chi connectivity index (χ2n) is 0.285. The van der Waals surface area contributed by atoms with Crippen LogP contribution >= 0.6 is 0 Å². The molecule has 0 aromatic carbocycles. The first kappa shape index (κ1) is 16.1. The summed E-state index contributed by atoms with van der Waals surface area (Å²) in [5, 5.41) is 0. The van der Waals surface area contributed by atoms with Crippen molar-refractivity contribution in [3.8, 4) is 12.3 Å². The van der Waals surface area contributed by atoms with Gasteiger partial charge in [-0.2, -0.15) is 0 Å². The van der Waals surface area contributed by atoms with Gasteiger partial charge in [0.15, 0.2) is 6.29 Å². The normalized spacial score (nSPS) is 2.50.